The molecule has 0 aromatic heterocycles. The number of nitrogens with zero attached hydrogens (tertiary/aromatic N) is 3. The first-order valence-electron chi connectivity index (χ1n) is 12.5. The number of aliphatic hydroxyl groups is 2. The summed E-state index contributed by atoms with van der Waals surface area (Å²) in [6, 6.07) is 1.27. The number of β-amino-alcohol motifs (C(OH)–C–C–N with tert-alkyl or cyclic N) is 1. The number of likely N-dealkylation sites (tertiary alicyclic amines) is 1. The van der Waals surface area contributed by atoms with E-state index in [9.17, 15) is 10.2 Å². The summed E-state index contributed by atoms with van der Waals surface area (Å²) in [7, 11) is 4.40. The first kappa shape index (κ1) is 22.4. The Morgan fingerprint density at radius 3 is 2.71 bits per heavy atom. The molecule has 2 aliphatic carbocycles. The van der Waals surface area contributed by atoms with Gasteiger partial charge in [0.25, 0.3) is 0 Å². The van der Waals surface area contributed by atoms with Crippen LogP contribution >= 0.6 is 11.8 Å². The molecule has 2 saturated carbocycles. The molecule has 31 heavy (non-hydrogen) atoms. The van der Waals surface area contributed by atoms with Crippen molar-refractivity contribution in [1.29, 1.82) is 0 Å². The van der Waals surface area contributed by atoms with E-state index in [-0.39, 0.29) is 6.10 Å². The molecule has 7 nitrogen and oxygen atoms in total. The van der Waals surface area contributed by atoms with Gasteiger partial charge in [0.2, 0.25) is 0 Å². The van der Waals surface area contributed by atoms with Crippen LogP contribution in [0.4, 0.5) is 0 Å². The number of nitrogens with one attached hydrogen (secondary N) is 2. The van der Waals surface area contributed by atoms with Gasteiger partial charge in [-0.15, -0.1) is 11.8 Å². The van der Waals surface area contributed by atoms with Gasteiger partial charge in [0.15, 0.2) is 0 Å². The van der Waals surface area contributed by atoms with Crippen LogP contribution in [0.25, 0.3) is 0 Å². The lowest BCUT2D eigenvalue weighted by atomic mass is 9.80. The molecule has 5 aliphatic rings. The predicted molar refractivity (Wildman–Crippen MR) is 126 cm³/mol. The fourth-order valence-corrected chi connectivity index (χ4v) is 8.75. The Morgan fingerprint density at radius 1 is 1.19 bits per heavy atom. The highest BCUT2D eigenvalue weighted by Gasteiger charge is 2.54. The lowest BCUT2D eigenvalue weighted by Crippen LogP contribution is -2.52. The molecule has 4 fully saturated rings. The molecule has 0 bridgehead atoms. The van der Waals surface area contributed by atoms with E-state index in [1.54, 1.807) is 0 Å². The molecule has 8 heteroatoms. The smallest absolute Gasteiger partial charge is 0.107 e. The summed E-state index contributed by atoms with van der Waals surface area (Å²) in [5.74, 6) is 2.82. The first-order chi connectivity index (χ1) is 15.0. The number of aliphatic imine (C=N–C) groups is 1. The minimum Gasteiger partial charge on any atom is -0.392 e. The van der Waals surface area contributed by atoms with Gasteiger partial charge in [-0.05, 0) is 77.3 Å². The van der Waals surface area contributed by atoms with Crippen molar-refractivity contribution in [3.05, 3.63) is 0 Å². The summed E-state index contributed by atoms with van der Waals surface area (Å²) in [4.78, 5) is 9.40. The lowest BCUT2D eigenvalue weighted by Gasteiger charge is -2.38. The topological polar surface area (TPSA) is 83.4 Å². The Hall–Kier alpha value is -0.380. The van der Waals surface area contributed by atoms with Crippen LogP contribution in [-0.4, -0.2) is 94.7 Å². The highest BCUT2D eigenvalue weighted by molar-refractivity contribution is 8.00. The van der Waals surface area contributed by atoms with Crippen LogP contribution in [0.2, 0.25) is 0 Å². The molecule has 0 amide bonds. The molecule has 3 heterocycles. The molecule has 0 spiro atoms. The van der Waals surface area contributed by atoms with E-state index in [1.165, 1.54) is 44.4 Å². The van der Waals surface area contributed by atoms with Crippen LogP contribution in [0.3, 0.4) is 0 Å². The highest BCUT2D eigenvalue weighted by Crippen LogP contribution is 2.55. The van der Waals surface area contributed by atoms with E-state index in [0.29, 0.717) is 41.0 Å². The Kier molecular flexibility index (Phi) is 6.85. The number of aliphatic hydroxyl groups excluding tert-OH is 2. The average Bonchev–Trinajstić information content (AvgIpc) is 3.45. The van der Waals surface area contributed by atoms with Crippen molar-refractivity contribution in [3.63, 3.8) is 0 Å². The third-order valence-corrected chi connectivity index (χ3v) is 10.3. The van der Waals surface area contributed by atoms with E-state index in [0.717, 1.165) is 32.1 Å². The van der Waals surface area contributed by atoms with E-state index >= 15 is 0 Å². The fraction of sp³-hybridized carbons (Fsp3) is 0.957. The Balaban J connectivity index is 1.23. The van der Waals surface area contributed by atoms with Crippen molar-refractivity contribution < 1.29 is 10.2 Å². The Labute approximate surface area is 191 Å². The first-order valence-corrected chi connectivity index (χ1v) is 13.4. The number of hydrogen-bond donors (Lipinski definition) is 4. The molecule has 5 rings (SSSR count). The summed E-state index contributed by atoms with van der Waals surface area (Å²) in [6.07, 6.45) is 8.38. The maximum atomic E-state index is 10.9. The number of hydrogen-bond acceptors (Lipinski definition) is 8. The van der Waals surface area contributed by atoms with Crippen molar-refractivity contribution in [1.82, 2.24) is 20.4 Å². The Bertz CT molecular complexity index is 656. The Morgan fingerprint density at radius 2 is 2.00 bits per heavy atom. The molecule has 176 valence electrons. The minimum atomic E-state index is -0.420. The van der Waals surface area contributed by atoms with Crippen LogP contribution in [0, 0.1) is 17.8 Å². The monoisotopic (exact) mass is 451 g/mol. The maximum absolute atomic E-state index is 10.9. The molecule has 6 unspecified atom stereocenters. The number of amidine groups is 1. The number of thioether (sulfide) groups is 1. The molecular formula is C23H41N5O2S. The van der Waals surface area contributed by atoms with Gasteiger partial charge in [0.1, 0.15) is 12.1 Å². The summed E-state index contributed by atoms with van der Waals surface area (Å²) in [5.41, 5.74) is 0. The van der Waals surface area contributed by atoms with Gasteiger partial charge in [0, 0.05) is 36.3 Å². The van der Waals surface area contributed by atoms with Crippen LogP contribution in [-0.2, 0) is 0 Å². The SMILES string of the molecule is CN(C)C1CCC(NC2=NCNC3SC4CCC(CC(O)N5CCC(O)C5)[C@H]4C23)CC1. The molecule has 2 saturated heterocycles. The van der Waals surface area contributed by atoms with E-state index in [2.05, 4.69) is 46.3 Å². The van der Waals surface area contributed by atoms with Gasteiger partial charge >= 0.3 is 0 Å². The van der Waals surface area contributed by atoms with Crippen molar-refractivity contribution >= 4 is 17.6 Å². The summed E-state index contributed by atoms with van der Waals surface area (Å²) in [6.45, 7) is 2.16. The zero-order valence-electron chi connectivity index (χ0n) is 19.1. The standard InChI is InChI=1S/C23H41N5O2S/c1-27(2)16-6-4-15(5-7-16)26-22-21-20-14(11-19(30)28-10-9-17(29)12-28)3-8-18(20)31-23(21)25-13-24-22/h14-21,23,25,29-30H,3-13H2,1-2H3,(H,24,26)/t14?,15?,16?,17?,18?,19?,20-,21?,23?/m1/s1. The molecule has 4 N–H and O–H groups in total. The van der Waals surface area contributed by atoms with Gasteiger partial charge in [-0.1, -0.05) is 0 Å². The maximum Gasteiger partial charge on any atom is 0.107 e. The second kappa shape index (κ2) is 9.47. The van der Waals surface area contributed by atoms with Crippen LogP contribution in [0.1, 0.15) is 51.4 Å². The fourth-order valence-electron chi connectivity index (χ4n) is 6.87. The minimum absolute atomic E-state index is 0.273. The second-order valence-electron chi connectivity index (χ2n) is 10.7. The lowest BCUT2D eigenvalue weighted by molar-refractivity contribution is -0.0109. The second-order valence-corrected chi connectivity index (χ2v) is 12.1. The third kappa shape index (κ3) is 4.66. The van der Waals surface area contributed by atoms with Crippen LogP contribution < -0.4 is 10.6 Å². The summed E-state index contributed by atoms with van der Waals surface area (Å²) < 4.78 is 0. The summed E-state index contributed by atoms with van der Waals surface area (Å²) >= 11 is 2.12. The van der Waals surface area contributed by atoms with E-state index < -0.39 is 6.23 Å². The molecule has 0 aromatic rings. The van der Waals surface area contributed by atoms with Crippen LogP contribution in [0.15, 0.2) is 4.99 Å². The molecule has 7 atom stereocenters. The van der Waals surface area contributed by atoms with Crippen molar-refractivity contribution in [2.75, 3.05) is 33.9 Å². The quantitative estimate of drug-likeness (QED) is 0.501. The van der Waals surface area contributed by atoms with Gasteiger partial charge in [-0.25, -0.2) is 0 Å². The summed E-state index contributed by atoms with van der Waals surface area (Å²) in [5, 5.41) is 29.4. The third-order valence-electron chi connectivity index (χ3n) is 8.62. The van der Waals surface area contributed by atoms with E-state index in [1.807, 2.05) is 0 Å². The number of fused-ring (bicyclic) bond motifs is 3. The van der Waals surface area contributed by atoms with Gasteiger partial charge in [0.05, 0.1) is 18.1 Å². The molecular weight excluding hydrogens is 410 g/mol. The van der Waals surface area contributed by atoms with E-state index in [4.69, 9.17) is 4.99 Å². The van der Waals surface area contributed by atoms with Crippen molar-refractivity contribution in [2.24, 2.45) is 22.7 Å². The highest BCUT2D eigenvalue weighted by atomic mass is 32.2. The number of rotatable bonds is 5. The van der Waals surface area contributed by atoms with Crippen molar-refractivity contribution in [3.8, 4) is 0 Å². The van der Waals surface area contributed by atoms with Gasteiger partial charge < -0.3 is 20.4 Å². The van der Waals surface area contributed by atoms with Crippen molar-refractivity contribution in [2.45, 2.75) is 86.4 Å². The average molecular weight is 452 g/mol. The van der Waals surface area contributed by atoms with Gasteiger partial charge in [-0.3, -0.25) is 15.2 Å². The molecule has 0 aromatic carbocycles. The zero-order valence-corrected chi connectivity index (χ0v) is 19.9. The molecule has 3 aliphatic heterocycles. The molecule has 0 radical (unpaired) electrons. The largest absolute Gasteiger partial charge is 0.392 e. The van der Waals surface area contributed by atoms with Crippen LogP contribution in [0.5, 0.6) is 0 Å². The van der Waals surface area contributed by atoms with Gasteiger partial charge in [-0.2, -0.15) is 0 Å². The zero-order chi connectivity index (χ0) is 21.5. The normalized spacial score (nSPS) is 44.2. The predicted octanol–water partition coefficient (Wildman–Crippen LogP) is 1.27.